The molecule has 0 spiro atoms. The van der Waals surface area contributed by atoms with Gasteiger partial charge in [0.2, 0.25) is 0 Å². The van der Waals surface area contributed by atoms with E-state index in [1.165, 1.54) is 0 Å². The van der Waals surface area contributed by atoms with Gasteiger partial charge in [0, 0.05) is 30.0 Å². The van der Waals surface area contributed by atoms with Crippen molar-refractivity contribution in [3.8, 4) is 0 Å². The molecule has 0 bridgehead atoms. The largest absolute Gasteiger partial charge is 0.305 e. The number of aromatic nitrogens is 6. The van der Waals surface area contributed by atoms with E-state index >= 15 is 0 Å². The fourth-order valence-electron chi connectivity index (χ4n) is 2.07. The van der Waals surface area contributed by atoms with Gasteiger partial charge in [-0.3, -0.25) is 4.68 Å². The lowest BCUT2D eigenvalue weighted by Crippen LogP contribution is -2.08. The van der Waals surface area contributed by atoms with E-state index in [1.54, 1.807) is 17.2 Å². The smallest absolute Gasteiger partial charge is 0.170 e. The standard InChI is InChI=1S/C12H12BrClN6/c1-19-7-16-10(18-19)6-20-11(2-3-14)17-9-4-8(13)5-15-12(9)20/h4-5,7H,2-3,6H2,1H3. The van der Waals surface area contributed by atoms with Gasteiger partial charge in [-0.15, -0.1) is 11.6 Å². The maximum Gasteiger partial charge on any atom is 0.170 e. The Kier molecular flexibility index (Phi) is 3.71. The Morgan fingerprint density at radius 1 is 1.35 bits per heavy atom. The number of imidazole rings is 1. The average molecular weight is 356 g/mol. The Bertz CT molecular complexity index is 750. The molecule has 0 saturated carbocycles. The lowest BCUT2D eigenvalue weighted by molar-refractivity contribution is 0.685. The first-order chi connectivity index (χ1) is 9.67. The number of alkyl halides is 1. The molecule has 3 aromatic rings. The van der Waals surface area contributed by atoms with Gasteiger partial charge in [-0.2, -0.15) is 5.10 Å². The molecule has 0 unspecified atom stereocenters. The van der Waals surface area contributed by atoms with Crippen LogP contribution in [0, 0.1) is 0 Å². The van der Waals surface area contributed by atoms with Crippen molar-refractivity contribution < 1.29 is 0 Å². The zero-order valence-electron chi connectivity index (χ0n) is 10.8. The number of halogens is 2. The van der Waals surface area contributed by atoms with E-state index in [-0.39, 0.29) is 0 Å². The van der Waals surface area contributed by atoms with Crippen molar-refractivity contribution in [3.63, 3.8) is 0 Å². The summed E-state index contributed by atoms with van der Waals surface area (Å²) < 4.78 is 4.60. The van der Waals surface area contributed by atoms with Crippen LogP contribution in [0.1, 0.15) is 11.6 Å². The monoisotopic (exact) mass is 354 g/mol. The van der Waals surface area contributed by atoms with E-state index in [9.17, 15) is 0 Å². The molecule has 104 valence electrons. The van der Waals surface area contributed by atoms with Crippen LogP contribution in [0.3, 0.4) is 0 Å². The highest BCUT2D eigenvalue weighted by Crippen LogP contribution is 2.19. The second-order valence-corrected chi connectivity index (χ2v) is 5.68. The molecule has 0 aliphatic heterocycles. The van der Waals surface area contributed by atoms with Gasteiger partial charge in [0.15, 0.2) is 11.5 Å². The Morgan fingerprint density at radius 2 is 2.20 bits per heavy atom. The van der Waals surface area contributed by atoms with Crippen molar-refractivity contribution >= 4 is 38.7 Å². The van der Waals surface area contributed by atoms with Crippen LogP contribution in [-0.2, 0) is 20.0 Å². The number of nitrogens with zero attached hydrogens (tertiary/aromatic N) is 6. The molecule has 0 amide bonds. The quantitative estimate of drug-likeness (QED) is 0.673. The number of rotatable bonds is 4. The molecule has 3 rings (SSSR count). The van der Waals surface area contributed by atoms with Gasteiger partial charge in [-0.1, -0.05) is 0 Å². The molecule has 6 nitrogen and oxygen atoms in total. The summed E-state index contributed by atoms with van der Waals surface area (Å²) >= 11 is 9.27. The summed E-state index contributed by atoms with van der Waals surface area (Å²) in [6.45, 7) is 0.540. The summed E-state index contributed by atoms with van der Waals surface area (Å²) in [5.41, 5.74) is 1.66. The number of hydrogen-bond acceptors (Lipinski definition) is 4. The zero-order valence-corrected chi connectivity index (χ0v) is 13.1. The molecule has 0 aromatic carbocycles. The minimum Gasteiger partial charge on any atom is -0.305 e. The van der Waals surface area contributed by atoms with Crippen LogP contribution in [0.5, 0.6) is 0 Å². The van der Waals surface area contributed by atoms with E-state index in [0.29, 0.717) is 18.8 Å². The zero-order chi connectivity index (χ0) is 14.1. The van der Waals surface area contributed by atoms with Gasteiger partial charge in [0.25, 0.3) is 0 Å². The first-order valence-electron chi connectivity index (χ1n) is 6.08. The Morgan fingerprint density at radius 3 is 2.90 bits per heavy atom. The second-order valence-electron chi connectivity index (χ2n) is 4.38. The number of fused-ring (bicyclic) bond motifs is 1. The molecular formula is C12H12BrClN6. The van der Waals surface area contributed by atoms with E-state index in [2.05, 4.69) is 36.0 Å². The number of pyridine rings is 1. The molecular weight excluding hydrogens is 344 g/mol. The van der Waals surface area contributed by atoms with Crippen molar-refractivity contribution in [1.29, 1.82) is 0 Å². The van der Waals surface area contributed by atoms with Gasteiger partial charge in [0.1, 0.15) is 17.7 Å². The maximum absolute atomic E-state index is 5.86. The highest BCUT2D eigenvalue weighted by atomic mass is 79.9. The third-order valence-corrected chi connectivity index (χ3v) is 3.52. The predicted octanol–water partition coefficient (Wildman–Crippen LogP) is 2.15. The second kappa shape index (κ2) is 5.49. The van der Waals surface area contributed by atoms with E-state index in [4.69, 9.17) is 11.6 Å². The number of aryl methyl sites for hydroxylation is 2. The van der Waals surface area contributed by atoms with Crippen LogP contribution in [0.4, 0.5) is 0 Å². The Hall–Kier alpha value is -1.47. The normalized spacial score (nSPS) is 11.3. The van der Waals surface area contributed by atoms with Crippen molar-refractivity contribution in [2.75, 3.05) is 5.88 Å². The molecule has 20 heavy (non-hydrogen) atoms. The molecule has 0 fully saturated rings. The Labute approximate surface area is 128 Å². The molecule has 0 aliphatic carbocycles. The van der Waals surface area contributed by atoms with Crippen molar-refractivity contribution in [2.45, 2.75) is 13.0 Å². The molecule has 8 heteroatoms. The summed E-state index contributed by atoms with van der Waals surface area (Å²) in [7, 11) is 1.84. The molecule has 0 radical (unpaired) electrons. The third-order valence-electron chi connectivity index (χ3n) is 2.90. The maximum atomic E-state index is 5.86. The van der Waals surface area contributed by atoms with Gasteiger partial charge >= 0.3 is 0 Å². The molecule has 3 aromatic heterocycles. The summed E-state index contributed by atoms with van der Waals surface area (Å²) in [5.74, 6) is 2.14. The highest BCUT2D eigenvalue weighted by Gasteiger charge is 2.13. The number of hydrogen-bond donors (Lipinski definition) is 0. The van der Waals surface area contributed by atoms with Crippen LogP contribution in [-0.4, -0.2) is 35.2 Å². The fourth-order valence-corrected chi connectivity index (χ4v) is 2.56. The highest BCUT2D eigenvalue weighted by molar-refractivity contribution is 9.10. The molecule has 0 atom stereocenters. The molecule has 0 saturated heterocycles. The Balaban J connectivity index is 2.08. The van der Waals surface area contributed by atoms with Crippen LogP contribution in [0.25, 0.3) is 11.2 Å². The van der Waals surface area contributed by atoms with Crippen molar-refractivity contribution in [2.24, 2.45) is 7.05 Å². The third kappa shape index (κ3) is 2.55. The minimum absolute atomic E-state index is 0.514. The van der Waals surface area contributed by atoms with Gasteiger partial charge < -0.3 is 4.57 Å². The van der Waals surface area contributed by atoms with Crippen LogP contribution >= 0.6 is 27.5 Å². The molecule has 0 aliphatic rings. The van der Waals surface area contributed by atoms with Crippen LogP contribution in [0.15, 0.2) is 23.1 Å². The van der Waals surface area contributed by atoms with Gasteiger partial charge in [-0.25, -0.2) is 15.0 Å². The predicted molar refractivity (Wildman–Crippen MR) is 79.8 cm³/mol. The van der Waals surface area contributed by atoms with Gasteiger partial charge in [-0.05, 0) is 22.0 Å². The van der Waals surface area contributed by atoms with E-state index in [1.807, 2.05) is 17.7 Å². The van der Waals surface area contributed by atoms with Crippen LogP contribution < -0.4 is 0 Å². The lowest BCUT2D eigenvalue weighted by Gasteiger charge is -2.04. The molecule has 3 heterocycles. The van der Waals surface area contributed by atoms with Crippen molar-refractivity contribution in [1.82, 2.24) is 29.3 Å². The van der Waals surface area contributed by atoms with Crippen molar-refractivity contribution in [3.05, 3.63) is 34.7 Å². The first-order valence-corrected chi connectivity index (χ1v) is 7.41. The lowest BCUT2D eigenvalue weighted by atomic mass is 10.4. The summed E-state index contributed by atoms with van der Waals surface area (Å²) in [6.07, 6.45) is 4.12. The first kappa shape index (κ1) is 13.5. The van der Waals surface area contributed by atoms with Gasteiger partial charge in [0.05, 0.1) is 6.54 Å². The summed E-state index contributed by atoms with van der Waals surface area (Å²) in [4.78, 5) is 13.3. The summed E-state index contributed by atoms with van der Waals surface area (Å²) in [6, 6.07) is 1.95. The van der Waals surface area contributed by atoms with Crippen LogP contribution in [0.2, 0.25) is 0 Å². The minimum atomic E-state index is 0.514. The summed E-state index contributed by atoms with van der Waals surface area (Å²) in [5, 5.41) is 4.30. The van der Waals surface area contributed by atoms with E-state index < -0.39 is 0 Å². The average Bonchev–Trinajstić information content (AvgIpc) is 2.95. The fraction of sp³-hybridized carbons (Fsp3) is 0.333. The van der Waals surface area contributed by atoms with E-state index in [0.717, 1.165) is 27.3 Å². The SMILES string of the molecule is Cn1cnc(Cn2c(CCCl)nc3cc(Br)cnc32)n1. The topological polar surface area (TPSA) is 61.4 Å². The molecule has 0 N–H and O–H groups in total.